The molecule has 6 N–H and O–H groups in total. The highest BCUT2D eigenvalue weighted by atomic mass is 16.5. The van der Waals surface area contributed by atoms with Crippen LogP contribution in [0.2, 0.25) is 0 Å². The van der Waals surface area contributed by atoms with Gasteiger partial charge in [0, 0.05) is 6.08 Å². The Morgan fingerprint density at radius 2 is 1.19 bits per heavy atom. The summed E-state index contributed by atoms with van der Waals surface area (Å²) in [5, 5.41) is 50.8. The van der Waals surface area contributed by atoms with E-state index < -0.39 is 44.1 Å². The Bertz CT molecular complexity index is 395. The number of ether oxygens (including phenoxy) is 1. The third-order valence-electron chi connectivity index (χ3n) is 4.68. The number of aliphatic hydroxyl groups is 6. The number of carbonyl (C=O) groups is 1. The number of hydrogen-bond acceptors (Lipinski definition) is 8. The van der Waals surface area contributed by atoms with E-state index in [0.717, 1.165) is 12.8 Å². The molecule has 0 aromatic carbocycles. The van der Waals surface area contributed by atoms with Crippen molar-refractivity contribution in [3.05, 3.63) is 12.2 Å². The third-order valence-corrected chi connectivity index (χ3v) is 4.68. The van der Waals surface area contributed by atoms with Gasteiger partial charge in [-0.2, -0.15) is 0 Å². The van der Waals surface area contributed by atoms with E-state index in [1.165, 1.54) is 70.3 Å². The number of rotatable bonds is 19. The molecule has 0 saturated heterocycles. The smallest absolute Gasteiger partial charge is 0.330 e. The number of allylic oxidation sites excluding steroid dienone is 1. The summed E-state index contributed by atoms with van der Waals surface area (Å²) in [6.07, 6.45) is 15.2. The van der Waals surface area contributed by atoms with Crippen molar-refractivity contribution in [2.45, 2.75) is 102 Å². The topological polar surface area (TPSA) is 148 Å². The fraction of sp³-hybridized carbons (Fsp3) is 0.870. The van der Waals surface area contributed by atoms with Gasteiger partial charge in [0.05, 0.1) is 19.8 Å². The van der Waals surface area contributed by atoms with Crippen LogP contribution in [0.3, 0.4) is 0 Å². The van der Waals surface area contributed by atoms with Gasteiger partial charge in [-0.1, -0.05) is 77.2 Å². The maximum absolute atomic E-state index is 11.3. The average Bonchev–Trinajstić information content (AvgIpc) is 2.79. The van der Waals surface area contributed by atoms with Crippen molar-refractivity contribution in [2.75, 3.05) is 26.4 Å². The Morgan fingerprint density at radius 3 is 1.61 bits per heavy atom. The molecule has 0 amide bonds. The quantitative estimate of drug-likeness (QED) is 0.0992. The van der Waals surface area contributed by atoms with E-state index in [1.54, 1.807) is 0 Å². The molecule has 8 heteroatoms. The summed E-state index contributed by atoms with van der Waals surface area (Å²) in [4.78, 5) is 11.3. The largest absolute Gasteiger partial charge is 0.460 e. The summed E-state index contributed by atoms with van der Waals surface area (Å²) >= 11 is 0. The van der Waals surface area contributed by atoms with E-state index in [2.05, 4.69) is 6.92 Å². The van der Waals surface area contributed by atoms with E-state index in [4.69, 9.17) is 35.4 Å². The lowest BCUT2D eigenvalue weighted by Crippen LogP contribution is -2.31. The molecule has 0 rings (SSSR count). The summed E-state index contributed by atoms with van der Waals surface area (Å²) in [5.41, 5.74) is 0. The number of hydrogen-bond donors (Lipinski definition) is 6. The van der Waals surface area contributed by atoms with Gasteiger partial charge >= 0.3 is 5.97 Å². The van der Waals surface area contributed by atoms with Gasteiger partial charge < -0.3 is 35.4 Å². The number of carbonyl (C=O) groups excluding carboxylic acids is 1. The molecule has 0 aromatic heterocycles. The molecule has 0 aliphatic carbocycles. The van der Waals surface area contributed by atoms with Crippen molar-refractivity contribution < 1.29 is 40.2 Å². The van der Waals surface area contributed by atoms with Crippen molar-refractivity contribution in [1.82, 2.24) is 0 Å². The van der Waals surface area contributed by atoms with E-state index in [9.17, 15) is 4.79 Å². The van der Waals surface area contributed by atoms with E-state index in [-0.39, 0.29) is 6.61 Å². The van der Waals surface area contributed by atoms with Crippen LogP contribution >= 0.6 is 0 Å². The molecule has 1 unspecified atom stereocenters. The molecule has 8 nitrogen and oxygen atoms in total. The third kappa shape index (κ3) is 25.1. The molecule has 0 aromatic rings. The summed E-state index contributed by atoms with van der Waals surface area (Å²) in [7, 11) is 0. The monoisotopic (exact) mass is 450 g/mol. The molecular formula is C23H46O8. The van der Waals surface area contributed by atoms with E-state index in [1.807, 2.05) is 6.08 Å². The predicted octanol–water partition coefficient (Wildman–Crippen LogP) is 1.83. The van der Waals surface area contributed by atoms with Gasteiger partial charge in [0.25, 0.3) is 0 Å². The zero-order valence-electron chi connectivity index (χ0n) is 19.2. The molecule has 0 aliphatic heterocycles. The highest BCUT2D eigenvalue weighted by molar-refractivity contribution is 5.81. The van der Waals surface area contributed by atoms with Crippen molar-refractivity contribution in [2.24, 2.45) is 0 Å². The molecule has 0 aliphatic rings. The Labute approximate surface area is 187 Å². The van der Waals surface area contributed by atoms with Crippen LogP contribution in [0.25, 0.3) is 0 Å². The first-order chi connectivity index (χ1) is 14.9. The lowest BCUT2D eigenvalue weighted by Gasteiger charge is -2.10. The van der Waals surface area contributed by atoms with E-state index in [0.29, 0.717) is 0 Å². The van der Waals surface area contributed by atoms with Crippen molar-refractivity contribution in [1.29, 1.82) is 0 Å². The van der Waals surface area contributed by atoms with Crippen LogP contribution in [-0.2, 0) is 9.53 Å². The normalized spacial score (nSPS) is 14.0. The predicted molar refractivity (Wildman–Crippen MR) is 120 cm³/mol. The molecule has 0 bridgehead atoms. The Morgan fingerprint density at radius 1 is 0.742 bits per heavy atom. The number of aliphatic hydroxyl groups excluding tert-OH is 6. The average molecular weight is 451 g/mol. The van der Waals surface area contributed by atoms with Crippen LogP contribution in [0, 0.1) is 0 Å². The van der Waals surface area contributed by atoms with Gasteiger partial charge in [-0.15, -0.1) is 0 Å². The summed E-state index contributed by atoms with van der Waals surface area (Å²) in [6, 6.07) is 0. The first kappa shape index (κ1) is 32.2. The van der Waals surface area contributed by atoms with Gasteiger partial charge in [0.1, 0.15) is 24.9 Å². The highest BCUT2D eigenvalue weighted by Crippen LogP contribution is 2.12. The molecular weight excluding hydrogens is 404 g/mol. The maximum atomic E-state index is 11.3. The molecule has 186 valence electrons. The van der Waals surface area contributed by atoms with Crippen LogP contribution < -0.4 is 0 Å². The Hall–Kier alpha value is -1.03. The second-order valence-corrected chi connectivity index (χ2v) is 7.69. The van der Waals surface area contributed by atoms with Crippen LogP contribution in [-0.4, -0.2) is 81.3 Å². The van der Waals surface area contributed by atoms with Gasteiger partial charge in [0.2, 0.25) is 0 Å². The zero-order valence-corrected chi connectivity index (χ0v) is 19.2. The zero-order chi connectivity index (χ0) is 23.7. The molecule has 0 saturated carbocycles. The molecule has 31 heavy (non-hydrogen) atoms. The Balaban J connectivity index is 0. The van der Waals surface area contributed by atoms with Crippen LogP contribution in [0.15, 0.2) is 12.2 Å². The minimum Gasteiger partial charge on any atom is -0.460 e. The molecule has 0 spiro atoms. The van der Waals surface area contributed by atoms with Crippen molar-refractivity contribution >= 4 is 5.97 Å². The summed E-state index contributed by atoms with van der Waals surface area (Å²) < 4.78 is 4.77. The molecule has 3 atom stereocenters. The van der Waals surface area contributed by atoms with Gasteiger partial charge in [-0.25, -0.2) is 4.79 Å². The first-order valence-corrected chi connectivity index (χ1v) is 11.6. The summed E-state index contributed by atoms with van der Waals surface area (Å²) in [6.45, 7) is 0.650. The fourth-order valence-electron chi connectivity index (χ4n) is 2.63. The van der Waals surface area contributed by atoms with Gasteiger partial charge in [-0.3, -0.25) is 0 Å². The number of unbranched alkanes of at least 4 members (excludes halogenated alkanes) is 11. The second-order valence-electron chi connectivity index (χ2n) is 7.69. The van der Waals surface area contributed by atoms with Gasteiger partial charge in [-0.05, 0) is 12.8 Å². The first-order valence-electron chi connectivity index (χ1n) is 11.6. The lowest BCUT2D eigenvalue weighted by atomic mass is 10.1. The van der Waals surface area contributed by atoms with Crippen LogP contribution in [0.1, 0.15) is 84.0 Å². The summed E-state index contributed by atoms with van der Waals surface area (Å²) in [5.74, 6) is -0.458. The van der Waals surface area contributed by atoms with Crippen LogP contribution in [0.4, 0.5) is 0 Å². The second kappa shape index (κ2) is 25.2. The van der Waals surface area contributed by atoms with Crippen LogP contribution in [0.5, 0.6) is 0 Å². The van der Waals surface area contributed by atoms with Gasteiger partial charge in [0.15, 0.2) is 0 Å². The molecule has 0 radical (unpaired) electrons. The molecule has 0 heterocycles. The maximum Gasteiger partial charge on any atom is 0.330 e. The minimum absolute atomic E-state index is 0.155. The number of esters is 1. The highest BCUT2D eigenvalue weighted by Gasteiger charge is 2.12. The van der Waals surface area contributed by atoms with Crippen molar-refractivity contribution in [3.8, 4) is 0 Å². The van der Waals surface area contributed by atoms with E-state index >= 15 is 0 Å². The lowest BCUT2D eigenvalue weighted by molar-refractivity contribution is -0.141. The Kier molecular flexibility index (Phi) is 26.2. The standard InChI is InChI=1S/C19H36O4.C4H10O4/c1-2-3-4-5-6-7-8-9-10-11-12-13-14-15-19(22)23-17-18(21)16-20;5-1-3(7)4(8)2-6/h14-15,18,20-21H,2-13,16-17H2,1H3;3-8H,1-2H2/b15-14+;/t;3-,4+. The molecule has 0 fully saturated rings. The fourth-order valence-corrected chi connectivity index (χ4v) is 2.63. The van der Waals surface area contributed by atoms with Crippen molar-refractivity contribution in [3.63, 3.8) is 0 Å². The SMILES string of the molecule is CCCCCCCCCCCCC/C=C/C(=O)OCC(O)CO.OC[C@@H](O)[C@@H](O)CO. The minimum atomic E-state index is -1.22.